The lowest BCUT2D eigenvalue weighted by Gasteiger charge is -2.19. The van der Waals surface area contributed by atoms with Crippen LogP contribution in [0.3, 0.4) is 0 Å². The maximum absolute atomic E-state index is 12.0. The van der Waals surface area contributed by atoms with Crippen LogP contribution < -0.4 is 5.32 Å². The Kier molecular flexibility index (Phi) is 6.78. The summed E-state index contributed by atoms with van der Waals surface area (Å²) in [5, 5.41) is 11.7. The third-order valence-corrected chi connectivity index (χ3v) is 3.56. The van der Waals surface area contributed by atoms with Crippen molar-refractivity contribution in [3.8, 4) is 0 Å². The molecule has 0 bridgehead atoms. The van der Waals surface area contributed by atoms with Crippen LogP contribution in [-0.4, -0.2) is 35.6 Å². The number of nitrogens with zero attached hydrogens (tertiary/aromatic N) is 1. The first kappa shape index (κ1) is 17.6. The molecule has 2 amide bonds. The van der Waals surface area contributed by atoms with Gasteiger partial charge in [0, 0.05) is 13.6 Å². The van der Waals surface area contributed by atoms with Crippen molar-refractivity contribution in [1.82, 2.24) is 4.90 Å². The molecule has 21 heavy (non-hydrogen) atoms. The molecule has 0 aliphatic rings. The SMILES string of the molecule is CCCCCN(C)C(=O)Nc1c(Cl)cc(C(=O)O)cc1Cl. The lowest BCUT2D eigenvalue weighted by atomic mass is 10.2. The van der Waals surface area contributed by atoms with E-state index in [-0.39, 0.29) is 27.3 Å². The Hall–Kier alpha value is -1.46. The molecule has 5 nitrogen and oxygen atoms in total. The van der Waals surface area contributed by atoms with E-state index in [0.29, 0.717) is 6.54 Å². The van der Waals surface area contributed by atoms with E-state index in [1.54, 1.807) is 7.05 Å². The van der Waals surface area contributed by atoms with Gasteiger partial charge in [0.2, 0.25) is 0 Å². The van der Waals surface area contributed by atoms with Crippen LogP contribution in [0, 0.1) is 0 Å². The Balaban J connectivity index is 2.78. The number of urea groups is 1. The second-order valence-electron chi connectivity index (χ2n) is 4.68. The lowest BCUT2D eigenvalue weighted by Crippen LogP contribution is -2.32. The van der Waals surface area contributed by atoms with Crippen molar-refractivity contribution in [2.24, 2.45) is 0 Å². The highest BCUT2D eigenvalue weighted by molar-refractivity contribution is 6.40. The second-order valence-corrected chi connectivity index (χ2v) is 5.49. The molecule has 1 rings (SSSR count). The van der Waals surface area contributed by atoms with Gasteiger partial charge in [0.25, 0.3) is 0 Å². The van der Waals surface area contributed by atoms with Crippen LogP contribution in [0.2, 0.25) is 10.0 Å². The zero-order chi connectivity index (χ0) is 16.0. The standard InChI is InChI=1S/C14H18Cl2N2O3/c1-3-4-5-6-18(2)14(21)17-12-10(15)7-9(13(19)20)8-11(12)16/h7-8H,3-6H2,1-2H3,(H,17,21)(H,19,20). The molecule has 0 atom stereocenters. The molecular weight excluding hydrogens is 315 g/mol. The molecule has 1 aromatic rings. The highest BCUT2D eigenvalue weighted by atomic mass is 35.5. The average Bonchev–Trinajstić information content (AvgIpc) is 2.42. The summed E-state index contributed by atoms with van der Waals surface area (Å²) in [4.78, 5) is 24.4. The fourth-order valence-electron chi connectivity index (χ4n) is 1.72. The van der Waals surface area contributed by atoms with Gasteiger partial charge in [-0.25, -0.2) is 9.59 Å². The number of aromatic carboxylic acids is 1. The summed E-state index contributed by atoms with van der Waals surface area (Å²) < 4.78 is 0. The van der Waals surface area contributed by atoms with Gasteiger partial charge in [0.1, 0.15) is 0 Å². The number of halogens is 2. The van der Waals surface area contributed by atoms with Crippen molar-refractivity contribution < 1.29 is 14.7 Å². The molecule has 0 heterocycles. The molecule has 0 radical (unpaired) electrons. The number of unbranched alkanes of at least 4 members (excludes halogenated alkanes) is 2. The minimum atomic E-state index is -1.13. The third-order valence-electron chi connectivity index (χ3n) is 2.96. The summed E-state index contributed by atoms with van der Waals surface area (Å²) in [5.74, 6) is -1.13. The minimum absolute atomic E-state index is 0.0284. The summed E-state index contributed by atoms with van der Waals surface area (Å²) in [6.45, 7) is 2.71. The summed E-state index contributed by atoms with van der Waals surface area (Å²) in [5.41, 5.74) is 0.190. The average molecular weight is 333 g/mol. The summed E-state index contributed by atoms with van der Waals surface area (Å²) in [6, 6.07) is 2.17. The van der Waals surface area contributed by atoms with Crippen LogP contribution in [0.1, 0.15) is 36.5 Å². The fraction of sp³-hybridized carbons (Fsp3) is 0.429. The van der Waals surface area contributed by atoms with Gasteiger partial charge in [0.05, 0.1) is 21.3 Å². The van der Waals surface area contributed by atoms with Gasteiger partial charge in [0.15, 0.2) is 0 Å². The first-order valence-electron chi connectivity index (χ1n) is 6.61. The highest BCUT2D eigenvalue weighted by Crippen LogP contribution is 2.32. The largest absolute Gasteiger partial charge is 0.478 e. The van der Waals surface area contributed by atoms with Gasteiger partial charge >= 0.3 is 12.0 Å². The second kappa shape index (κ2) is 8.10. The molecule has 116 valence electrons. The van der Waals surface area contributed by atoms with Crippen LogP contribution in [0.4, 0.5) is 10.5 Å². The summed E-state index contributed by atoms with van der Waals surface area (Å²) in [7, 11) is 1.68. The maximum Gasteiger partial charge on any atom is 0.335 e. The van der Waals surface area contributed by atoms with E-state index >= 15 is 0 Å². The van der Waals surface area contributed by atoms with E-state index < -0.39 is 5.97 Å². The Labute approximate surface area is 133 Å². The molecule has 0 aliphatic heterocycles. The van der Waals surface area contributed by atoms with E-state index in [1.165, 1.54) is 17.0 Å². The van der Waals surface area contributed by atoms with E-state index in [1.807, 2.05) is 0 Å². The van der Waals surface area contributed by atoms with E-state index in [9.17, 15) is 9.59 Å². The number of amides is 2. The highest BCUT2D eigenvalue weighted by Gasteiger charge is 2.16. The fourth-order valence-corrected chi connectivity index (χ4v) is 2.30. The molecule has 0 fully saturated rings. The number of hydrogen-bond acceptors (Lipinski definition) is 2. The topological polar surface area (TPSA) is 69.6 Å². The Morgan fingerprint density at radius 1 is 1.24 bits per heavy atom. The number of carbonyl (C=O) groups excluding carboxylic acids is 1. The molecule has 0 aliphatic carbocycles. The molecule has 0 unspecified atom stereocenters. The van der Waals surface area contributed by atoms with Crippen LogP contribution in [0.5, 0.6) is 0 Å². The van der Waals surface area contributed by atoms with Crippen molar-refractivity contribution in [3.05, 3.63) is 27.7 Å². The zero-order valence-electron chi connectivity index (χ0n) is 11.9. The van der Waals surface area contributed by atoms with E-state index in [4.69, 9.17) is 28.3 Å². The summed E-state index contributed by atoms with van der Waals surface area (Å²) >= 11 is 11.9. The molecule has 0 saturated carbocycles. The van der Waals surface area contributed by atoms with Crippen molar-refractivity contribution in [2.75, 3.05) is 18.9 Å². The number of benzene rings is 1. The predicted molar refractivity (Wildman–Crippen MR) is 84.6 cm³/mol. The third kappa shape index (κ3) is 5.10. The molecule has 0 spiro atoms. The molecule has 0 saturated heterocycles. The molecule has 2 N–H and O–H groups in total. The smallest absolute Gasteiger partial charge is 0.335 e. The van der Waals surface area contributed by atoms with Crippen molar-refractivity contribution in [1.29, 1.82) is 0 Å². The van der Waals surface area contributed by atoms with E-state index in [2.05, 4.69) is 12.2 Å². The first-order chi connectivity index (χ1) is 9.86. The van der Waals surface area contributed by atoms with Gasteiger partial charge in [-0.05, 0) is 18.6 Å². The quantitative estimate of drug-likeness (QED) is 0.761. The molecule has 7 heteroatoms. The predicted octanol–water partition coefficient (Wildman–Crippen LogP) is 4.35. The van der Waals surface area contributed by atoms with Crippen LogP contribution in [0.15, 0.2) is 12.1 Å². The van der Waals surface area contributed by atoms with Crippen molar-refractivity contribution in [2.45, 2.75) is 26.2 Å². The number of hydrogen-bond donors (Lipinski definition) is 2. The molecule has 1 aromatic carbocycles. The van der Waals surface area contributed by atoms with Gasteiger partial charge in [-0.3, -0.25) is 0 Å². The number of carboxylic acids is 1. The normalized spacial score (nSPS) is 10.3. The summed E-state index contributed by atoms with van der Waals surface area (Å²) in [6.07, 6.45) is 3.04. The van der Waals surface area contributed by atoms with Gasteiger partial charge in [-0.15, -0.1) is 0 Å². The van der Waals surface area contributed by atoms with E-state index in [0.717, 1.165) is 19.3 Å². The monoisotopic (exact) mass is 332 g/mol. The van der Waals surface area contributed by atoms with Crippen LogP contribution in [0.25, 0.3) is 0 Å². The Morgan fingerprint density at radius 2 is 1.81 bits per heavy atom. The Morgan fingerprint density at radius 3 is 2.29 bits per heavy atom. The van der Waals surface area contributed by atoms with Gasteiger partial charge in [-0.2, -0.15) is 0 Å². The maximum atomic E-state index is 12.0. The number of rotatable bonds is 6. The van der Waals surface area contributed by atoms with Crippen LogP contribution in [-0.2, 0) is 0 Å². The molecular formula is C14H18Cl2N2O3. The first-order valence-corrected chi connectivity index (χ1v) is 7.36. The minimum Gasteiger partial charge on any atom is -0.478 e. The van der Waals surface area contributed by atoms with Crippen molar-refractivity contribution >= 4 is 40.9 Å². The number of carbonyl (C=O) groups is 2. The number of anilines is 1. The Bertz CT molecular complexity index is 512. The molecule has 0 aromatic heterocycles. The van der Waals surface area contributed by atoms with Gasteiger partial charge < -0.3 is 15.3 Å². The zero-order valence-corrected chi connectivity index (χ0v) is 13.5. The number of nitrogens with one attached hydrogen (secondary N) is 1. The van der Waals surface area contributed by atoms with Crippen molar-refractivity contribution in [3.63, 3.8) is 0 Å². The van der Waals surface area contributed by atoms with Crippen LogP contribution >= 0.6 is 23.2 Å². The number of carboxylic acid groups (broad SMARTS) is 1. The van der Waals surface area contributed by atoms with Gasteiger partial charge in [-0.1, -0.05) is 43.0 Å². The lowest BCUT2D eigenvalue weighted by molar-refractivity contribution is 0.0697.